The van der Waals surface area contributed by atoms with Crippen LogP contribution >= 0.6 is 0 Å². The van der Waals surface area contributed by atoms with Crippen LogP contribution in [0.3, 0.4) is 0 Å². The minimum absolute atomic E-state index is 0.0278. The molecule has 2 rings (SSSR count). The van der Waals surface area contributed by atoms with Crippen LogP contribution in [-0.2, 0) is 20.7 Å². The zero-order valence-corrected chi connectivity index (χ0v) is 14.2. The zero-order chi connectivity index (χ0) is 16.7. The van der Waals surface area contributed by atoms with Crippen LogP contribution in [0.5, 0.6) is 0 Å². The summed E-state index contributed by atoms with van der Waals surface area (Å²) >= 11 is 0. The fourth-order valence-corrected chi connectivity index (χ4v) is 3.31. The Labute approximate surface area is 138 Å². The van der Waals surface area contributed by atoms with E-state index in [0.717, 1.165) is 32.1 Å². The maximum atomic E-state index is 12.9. The standard InChI is InChI=1S/C19H27NO3/c1-3-4-12-17(19(22)23-2)20-13-8-11-16(18(20)21)14-15-9-6-5-7-10-15/h5-7,9-10,16-17H,3-4,8,11-14H2,1-2H3. The Morgan fingerprint density at radius 2 is 2.09 bits per heavy atom. The van der Waals surface area contributed by atoms with Gasteiger partial charge < -0.3 is 9.64 Å². The predicted octanol–water partition coefficient (Wildman–Crippen LogP) is 3.20. The lowest BCUT2D eigenvalue weighted by Gasteiger charge is -2.37. The van der Waals surface area contributed by atoms with Gasteiger partial charge in [-0.15, -0.1) is 0 Å². The molecule has 2 unspecified atom stereocenters. The summed E-state index contributed by atoms with van der Waals surface area (Å²) in [6.07, 6.45) is 5.20. The first kappa shape index (κ1) is 17.5. The van der Waals surface area contributed by atoms with E-state index < -0.39 is 6.04 Å². The fourth-order valence-electron chi connectivity index (χ4n) is 3.31. The average molecular weight is 317 g/mol. The van der Waals surface area contributed by atoms with Crippen LogP contribution in [0.1, 0.15) is 44.6 Å². The van der Waals surface area contributed by atoms with Gasteiger partial charge in [-0.2, -0.15) is 0 Å². The molecule has 1 aliphatic heterocycles. The molecule has 23 heavy (non-hydrogen) atoms. The zero-order valence-electron chi connectivity index (χ0n) is 14.2. The van der Waals surface area contributed by atoms with Crippen LogP contribution in [0.15, 0.2) is 30.3 Å². The third-order valence-corrected chi connectivity index (χ3v) is 4.59. The van der Waals surface area contributed by atoms with Gasteiger partial charge in [0.1, 0.15) is 6.04 Å². The predicted molar refractivity (Wildman–Crippen MR) is 89.9 cm³/mol. The van der Waals surface area contributed by atoms with E-state index in [1.165, 1.54) is 12.7 Å². The van der Waals surface area contributed by atoms with Gasteiger partial charge in [0.25, 0.3) is 0 Å². The number of hydrogen-bond donors (Lipinski definition) is 0. The highest BCUT2D eigenvalue weighted by Gasteiger charge is 2.36. The number of methoxy groups -OCH3 is 1. The van der Waals surface area contributed by atoms with E-state index in [4.69, 9.17) is 4.74 Å². The van der Waals surface area contributed by atoms with E-state index in [1.807, 2.05) is 18.2 Å². The molecule has 1 aromatic rings. The number of carbonyl (C=O) groups excluding carboxylic acids is 2. The summed E-state index contributed by atoms with van der Waals surface area (Å²) < 4.78 is 4.93. The molecule has 2 atom stereocenters. The van der Waals surface area contributed by atoms with Gasteiger partial charge in [-0.1, -0.05) is 50.1 Å². The number of rotatable bonds is 7. The van der Waals surface area contributed by atoms with Crippen LogP contribution in [0.2, 0.25) is 0 Å². The monoisotopic (exact) mass is 317 g/mol. The first-order valence-corrected chi connectivity index (χ1v) is 8.59. The Morgan fingerprint density at radius 1 is 1.35 bits per heavy atom. The number of esters is 1. The summed E-state index contributed by atoms with van der Waals surface area (Å²) in [5.74, 6) is -0.210. The molecule has 0 radical (unpaired) electrons. The highest BCUT2D eigenvalue weighted by atomic mass is 16.5. The molecule has 0 bridgehead atoms. The van der Waals surface area contributed by atoms with Crippen molar-refractivity contribution in [2.75, 3.05) is 13.7 Å². The third kappa shape index (κ3) is 4.57. The van der Waals surface area contributed by atoms with Gasteiger partial charge in [0, 0.05) is 12.5 Å². The Bertz CT molecular complexity index is 515. The number of hydrogen-bond acceptors (Lipinski definition) is 3. The summed E-state index contributed by atoms with van der Waals surface area (Å²) in [6.45, 7) is 2.75. The van der Waals surface area contributed by atoms with Gasteiger partial charge in [0.15, 0.2) is 0 Å². The molecule has 1 aromatic carbocycles. The molecule has 0 aromatic heterocycles. The van der Waals surface area contributed by atoms with Gasteiger partial charge in [-0.05, 0) is 31.2 Å². The van der Waals surface area contributed by atoms with E-state index in [0.29, 0.717) is 13.0 Å². The van der Waals surface area contributed by atoms with E-state index in [1.54, 1.807) is 4.90 Å². The molecular weight excluding hydrogens is 290 g/mol. The van der Waals surface area contributed by atoms with Crippen LogP contribution in [0, 0.1) is 5.92 Å². The van der Waals surface area contributed by atoms with Crippen LogP contribution in [0.4, 0.5) is 0 Å². The molecule has 0 N–H and O–H groups in total. The molecule has 1 aliphatic rings. The smallest absolute Gasteiger partial charge is 0.328 e. The van der Waals surface area contributed by atoms with Crippen LogP contribution in [0.25, 0.3) is 0 Å². The first-order valence-electron chi connectivity index (χ1n) is 8.59. The van der Waals surface area contributed by atoms with Crippen molar-refractivity contribution in [1.82, 2.24) is 4.90 Å². The van der Waals surface area contributed by atoms with Crippen molar-refractivity contribution < 1.29 is 14.3 Å². The third-order valence-electron chi connectivity index (χ3n) is 4.59. The first-order chi connectivity index (χ1) is 11.2. The van der Waals surface area contributed by atoms with Crippen molar-refractivity contribution in [3.8, 4) is 0 Å². The Balaban J connectivity index is 2.08. The van der Waals surface area contributed by atoms with E-state index in [2.05, 4.69) is 19.1 Å². The van der Waals surface area contributed by atoms with Gasteiger partial charge >= 0.3 is 5.97 Å². The SMILES string of the molecule is CCCCC(C(=O)OC)N1CCCC(Cc2ccccc2)C1=O. The molecule has 1 saturated heterocycles. The second kappa shape index (κ2) is 8.70. The second-order valence-electron chi connectivity index (χ2n) is 6.24. The largest absolute Gasteiger partial charge is 0.467 e. The molecule has 1 fully saturated rings. The number of benzene rings is 1. The summed E-state index contributed by atoms with van der Waals surface area (Å²) in [4.78, 5) is 26.7. The molecule has 1 amide bonds. The fraction of sp³-hybridized carbons (Fsp3) is 0.579. The topological polar surface area (TPSA) is 46.6 Å². The molecule has 0 saturated carbocycles. The molecule has 4 heteroatoms. The molecule has 126 valence electrons. The number of likely N-dealkylation sites (tertiary alicyclic amines) is 1. The molecule has 0 aliphatic carbocycles. The van der Waals surface area contributed by atoms with Crippen molar-refractivity contribution in [2.45, 2.75) is 51.5 Å². The van der Waals surface area contributed by atoms with E-state index >= 15 is 0 Å². The van der Waals surface area contributed by atoms with Crippen LogP contribution < -0.4 is 0 Å². The van der Waals surface area contributed by atoms with Crippen molar-refractivity contribution >= 4 is 11.9 Å². The lowest BCUT2D eigenvalue weighted by Crippen LogP contribution is -2.51. The van der Waals surface area contributed by atoms with Crippen molar-refractivity contribution in [1.29, 1.82) is 0 Å². The lowest BCUT2D eigenvalue weighted by molar-refractivity contribution is -0.156. The van der Waals surface area contributed by atoms with Gasteiger partial charge in [-0.3, -0.25) is 4.79 Å². The minimum Gasteiger partial charge on any atom is -0.467 e. The number of ether oxygens (including phenoxy) is 1. The Kier molecular flexibility index (Phi) is 6.63. The summed E-state index contributed by atoms with van der Waals surface area (Å²) in [7, 11) is 1.40. The van der Waals surface area contributed by atoms with Crippen molar-refractivity contribution in [3.05, 3.63) is 35.9 Å². The lowest BCUT2D eigenvalue weighted by atomic mass is 9.89. The average Bonchev–Trinajstić information content (AvgIpc) is 2.58. The minimum atomic E-state index is -0.425. The second-order valence-corrected chi connectivity index (χ2v) is 6.24. The van der Waals surface area contributed by atoms with Crippen molar-refractivity contribution in [2.24, 2.45) is 5.92 Å². The highest BCUT2D eigenvalue weighted by molar-refractivity contribution is 5.86. The Hall–Kier alpha value is -1.84. The van der Waals surface area contributed by atoms with E-state index in [9.17, 15) is 9.59 Å². The maximum absolute atomic E-state index is 12.9. The summed E-state index contributed by atoms with van der Waals surface area (Å²) in [5.41, 5.74) is 1.18. The van der Waals surface area contributed by atoms with E-state index in [-0.39, 0.29) is 17.8 Å². The normalized spacial score (nSPS) is 19.5. The highest BCUT2D eigenvalue weighted by Crippen LogP contribution is 2.25. The molecule has 1 heterocycles. The van der Waals surface area contributed by atoms with Gasteiger partial charge in [0.2, 0.25) is 5.91 Å². The number of amides is 1. The molecular formula is C19H27NO3. The Morgan fingerprint density at radius 3 is 2.74 bits per heavy atom. The number of unbranched alkanes of at least 4 members (excludes halogenated alkanes) is 1. The van der Waals surface area contributed by atoms with Crippen LogP contribution in [-0.4, -0.2) is 36.5 Å². The number of carbonyl (C=O) groups is 2. The number of piperidine rings is 1. The molecule has 0 spiro atoms. The number of nitrogens with zero attached hydrogens (tertiary/aromatic N) is 1. The summed E-state index contributed by atoms with van der Waals surface area (Å²) in [5, 5.41) is 0. The van der Waals surface area contributed by atoms with Gasteiger partial charge in [0.05, 0.1) is 7.11 Å². The maximum Gasteiger partial charge on any atom is 0.328 e. The quantitative estimate of drug-likeness (QED) is 0.726. The van der Waals surface area contributed by atoms with Crippen molar-refractivity contribution in [3.63, 3.8) is 0 Å². The summed E-state index contributed by atoms with van der Waals surface area (Å²) in [6, 6.07) is 9.67. The van der Waals surface area contributed by atoms with Gasteiger partial charge in [-0.25, -0.2) is 4.79 Å². The molecule has 4 nitrogen and oxygen atoms in total.